The summed E-state index contributed by atoms with van der Waals surface area (Å²) >= 11 is 1.55. The summed E-state index contributed by atoms with van der Waals surface area (Å²) in [4.78, 5) is 28.4. The molecule has 2 N–H and O–H groups in total. The molecule has 0 fully saturated rings. The molecule has 0 saturated carbocycles. The summed E-state index contributed by atoms with van der Waals surface area (Å²) in [6.07, 6.45) is 8.52. The van der Waals surface area contributed by atoms with Crippen LogP contribution in [-0.4, -0.2) is 35.1 Å². The highest BCUT2D eigenvalue weighted by Crippen LogP contribution is 2.56. The van der Waals surface area contributed by atoms with Crippen LogP contribution in [0.25, 0.3) is 133 Å². The second-order valence-electron chi connectivity index (χ2n) is 14.6. The van der Waals surface area contributed by atoms with E-state index in [1.807, 2.05) is 91.1 Å². The molecule has 288 valence electrons. The molecule has 61 heavy (non-hydrogen) atoms. The molecule has 0 aliphatic rings. The van der Waals surface area contributed by atoms with Crippen molar-refractivity contribution in [1.29, 1.82) is 0 Å². The number of pyridine rings is 1. The molecular weight excluding hydrogens is 783 g/mol. The van der Waals surface area contributed by atoms with Crippen LogP contribution in [0.2, 0.25) is 0 Å². The maximum Gasteiger partial charge on any atom is 0.247 e. The number of thiazole rings is 1. The number of furan rings is 1. The smallest absolute Gasteiger partial charge is 0.247 e. The van der Waals surface area contributed by atoms with Crippen LogP contribution in [0.15, 0.2) is 170 Å². The third kappa shape index (κ3) is 5.12. The summed E-state index contributed by atoms with van der Waals surface area (Å²) in [5.74, 6) is 1.28. The van der Waals surface area contributed by atoms with Crippen molar-refractivity contribution in [3.63, 3.8) is 0 Å². The van der Waals surface area contributed by atoms with E-state index in [1.165, 1.54) is 0 Å². The Kier molecular flexibility index (Phi) is 7.21. The van der Waals surface area contributed by atoms with Crippen molar-refractivity contribution in [1.82, 2.24) is 35.1 Å². The second-order valence-corrected chi connectivity index (χ2v) is 15.7. The monoisotopic (exact) mass is 809 g/mol. The molecule has 8 aromatic heterocycles. The van der Waals surface area contributed by atoms with Gasteiger partial charge in [-0.3, -0.25) is 0 Å². The van der Waals surface area contributed by atoms with Gasteiger partial charge in [0.15, 0.2) is 5.58 Å². The number of hydrogen-bond acceptors (Lipinski definition) is 10. The average Bonchev–Trinajstić information content (AvgIpc) is 4.16. The third-order valence-electron chi connectivity index (χ3n) is 11.2. The molecule has 0 aliphatic carbocycles. The van der Waals surface area contributed by atoms with E-state index in [0.29, 0.717) is 78.2 Å². The zero-order chi connectivity index (χ0) is 40.0. The Morgan fingerprint density at radius 2 is 1.46 bits per heavy atom. The summed E-state index contributed by atoms with van der Waals surface area (Å²) in [5.41, 5.74) is 10.7. The predicted octanol–water partition coefficient (Wildman–Crippen LogP) is 13.2. The molecule has 0 atom stereocenters. The average molecular weight is 810 g/mol. The molecule has 8 heterocycles. The summed E-state index contributed by atoms with van der Waals surface area (Å²) in [6, 6.07) is 40.1. The van der Waals surface area contributed by atoms with E-state index >= 15 is 0 Å². The van der Waals surface area contributed by atoms with E-state index in [9.17, 15) is 0 Å². The predicted molar refractivity (Wildman–Crippen MR) is 237 cm³/mol. The van der Waals surface area contributed by atoms with Gasteiger partial charge in [-0.25, -0.2) is 19.9 Å². The van der Waals surface area contributed by atoms with Crippen molar-refractivity contribution < 1.29 is 17.8 Å². The second kappa shape index (κ2) is 13.1. The molecule has 0 bridgehead atoms. The normalized spacial score (nSPS) is 11.9. The van der Waals surface area contributed by atoms with Gasteiger partial charge >= 0.3 is 0 Å². The molecule has 5 aromatic carbocycles. The van der Waals surface area contributed by atoms with Gasteiger partial charge in [0.25, 0.3) is 0 Å². The molecule has 13 rings (SSSR count). The minimum atomic E-state index is 0.316. The lowest BCUT2D eigenvalue weighted by molar-refractivity contribution is 0.422. The fourth-order valence-electron chi connectivity index (χ4n) is 8.65. The molecule has 11 nitrogen and oxygen atoms in total. The van der Waals surface area contributed by atoms with E-state index in [1.54, 1.807) is 36.3 Å². The molecule has 0 unspecified atom stereocenters. The van der Waals surface area contributed by atoms with Gasteiger partial charge in [-0.15, -0.1) is 11.3 Å². The number of aromatic nitrogens is 7. The van der Waals surface area contributed by atoms with Crippen molar-refractivity contribution in [3.8, 4) is 78.7 Å². The number of nitrogens with one attached hydrogen (secondary N) is 2. The first-order valence-corrected chi connectivity index (χ1v) is 20.4. The number of hydrogen-bond donors (Lipinski definition) is 2. The van der Waals surface area contributed by atoms with Gasteiger partial charge in [-0.05, 0) is 53.9 Å². The van der Waals surface area contributed by atoms with Gasteiger partial charge in [0.05, 0.1) is 50.6 Å². The number of rotatable bonds is 7. The first kappa shape index (κ1) is 33.6. The number of fused-ring (bicyclic) bond motifs is 5. The van der Waals surface area contributed by atoms with E-state index in [-0.39, 0.29) is 0 Å². The Balaban J connectivity index is 1.33. The maximum absolute atomic E-state index is 6.62. The summed E-state index contributed by atoms with van der Waals surface area (Å²) in [7, 11) is 0. The molecule has 0 amide bonds. The van der Waals surface area contributed by atoms with Crippen molar-refractivity contribution in [2.75, 3.05) is 0 Å². The first-order valence-electron chi connectivity index (χ1n) is 19.5. The molecule has 0 spiro atoms. The summed E-state index contributed by atoms with van der Waals surface area (Å²) in [6.45, 7) is 0. The highest BCUT2D eigenvalue weighted by Gasteiger charge is 2.35. The zero-order valence-electron chi connectivity index (χ0n) is 31.7. The zero-order valence-corrected chi connectivity index (χ0v) is 32.5. The third-order valence-corrected chi connectivity index (χ3v) is 12.3. The van der Waals surface area contributed by atoms with Gasteiger partial charge in [-0.1, -0.05) is 71.9 Å². The number of oxazole rings is 2. The molecule has 13 aromatic rings. The van der Waals surface area contributed by atoms with Crippen molar-refractivity contribution >= 4 is 65.2 Å². The van der Waals surface area contributed by atoms with Gasteiger partial charge in [0.1, 0.15) is 40.2 Å². The standard InChI is InChI=1S/C49H27N7O4S/c1-3-12-28-27(11-1)25-51-44(28)40-38(33-24-26-10-2-4-13-29(26)52-33)39(35-17-9-21-57-35)45-41(42(40)47-50-20-23-58-47)37(32-19-22-59-56-32)43(49-54-31-15-6-8-18-36(31)61-49)46(55-45)48-53-30-14-5-7-16-34(30)60-48/h1-25,51-52H. The Bertz CT molecular complexity index is 3680. The minimum Gasteiger partial charge on any atom is -0.464 e. The number of nitrogens with zero attached hydrogens (tertiary/aromatic N) is 5. The minimum absolute atomic E-state index is 0.316. The van der Waals surface area contributed by atoms with Crippen LogP contribution in [0.1, 0.15) is 0 Å². The van der Waals surface area contributed by atoms with Crippen LogP contribution in [0, 0.1) is 0 Å². The number of para-hydroxylation sites is 4. The highest BCUT2D eigenvalue weighted by atomic mass is 32.1. The fraction of sp³-hybridized carbons (Fsp3) is 0. The van der Waals surface area contributed by atoms with Crippen molar-refractivity contribution in [3.05, 3.63) is 153 Å². The molecule has 12 heteroatoms. The number of benzene rings is 5. The van der Waals surface area contributed by atoms with Crippen LogP contribution < -0.4 is 0 Å². The molecular formula is C49H27N7O4S. The SMILES string of the molecule is c1coc(-c2c(-c3cc4ccccc4[nH]3)c(-c3[nH]cc4ccccc34)c(-c3ncco3)c3c(-c4ccon4)c(-c4nc5ccccc5s4)c(-c4nc5ccccc5o4)nc23)c1. The van der Waals surface area contributed by atoms with Crippen LogP contribution in [0.4, 0.5) is 0 Å². The lowest BCUT2D eigenvalue weighted by atomic mass is 9.83. The Hall–Kier alpha value is -8.35. The van der Waals surface area contributed by atoms with E-state index in [2.05, 4.69) is 51.5 Å². The largest absolute Gasteiger partial charge is 0.464 e. The Morgan fingerprint density at radius 3 is 2.28 bits per heavy atom. The first-order chi connectivity index (χ1) is 30.2. The molecule has 0 aliphatic heterocycles. The topological polar surface area (TPSA) is 149 Å². The van der Waals surface area contributed by atoms with E-state index in [4.69, 9.17) is 37.7 Å². The Labute approximate surface area is 348 Å². The van der Waals surface area contributed by atoms with Crippen LogP contribution in [0.5, 0.6) is 0 Å². The van der Waals surface area contributed by atoms with Crippen molar-refractivity contribution in [2.24, 2.45) is 0 Å². The fourth-order valence-corrected chi connectivity index (χ4v) is 9.67. The maximum atomic E-state index is 6.62. The molecule has 0 saturated heterocycles. The van der Waals surface area contributed by atoms with Crippen LogP contribution in [-0.2, 0) is 0 Å². The van der Waals surface area contributed by atoms with Crippen LogP contribution >= 0.6 is 11.3 Å². The summed E-state index contributed by atoms with van der Waals surface area (Å²) < 4.78 is 26.2. The van der Waals surface area contributed by atoms with E-state index in [0.717, 1.165) is 54.4 Å². The Morgan fingerprint density at radius 1 is 0.607 bits per heavy atom. The van der Waals surface area contributed by atoms with Gasteiger partial charge < -0.3 is 27.7 Å². The van der Waals surface area contributed by atoms with Gasteiger partial charge in [0.2, 0.25) is 11.8 Å². The van der Waals surface area contributed by atoms with Gasteiger partial charge in [-0.2, -0.15) is 0 Å². The van der Waals surface area contributed by atoms with Crippen molar-refractivity contribution in [2.45, 2.75) is 0 Å². The van der Waals surface area contributed by atoms with Gasteiger partial charge in [0, 0.05) is 56.3 Å². The van der Waals surface area contributed by atoms with Crippen LogP contribution in [0.3, 0.4) is 0 Å². The number of H-pyrrole nitrogens is 2. The lowest BCUT2D eigenvalue weighted by Gasteiger charge is -2.23. The van der Waals surface area contributed by atoms with E-state index < -0.39 is 0 Å². The number of aromatic amines is 2. The quantitative estimate of drug-likeness (QED) is 0.160. The lowest BCUT2D eigenvalue weighted by Crippen LogP contribution is -2.04. The summed E-state index contributed by atoms with van der Waals surface area (Å²) in [5, 5.41) is 9.11. The highest BCUT2D eigenvalue weighted by molar-refractivity contribution is 7.21. The molecule has 0 radical (unpaired) electrons.